The van der Waals surface area contributed by atoms with Crippen molar-refractivity contribution in [2.24, 2.45) is 5.10 Å². The smallest absolute Gasteiger partial charge is 0.346 e. The molecule has 34 heavy (non-hydrogen) atoms. The molecule has 164 valence electrons. The minimum atomic E-state index is -0.597. The predicted molar refractivity (Wildman–Crippen MR) is 127 cm³/mol. The van der Waals surface area contributed by atoms with Crippen molar-refractivity contribution in [3.05, 3.63) is 121 Å². The zero-order chi connectivity index (χ0) is 23.2. The Morgan fingerprint density at radius 3 is 1.97 bits per heavy atom. The summed E-state index contributed by atoms with van der Waals surface area (Å²) in [7, 11) is 0. The Morgan fingerprint density at radius 1 is 0.735 bits per heavy atom. The van der Waals surface area contributed by atoms with Crippen molar-refractivity contribution in [1.82, 2.24) is 25.1 Å². The van der Waals surface area contributed by atoms with E-state index < -0.39 is 5.97 Å². The zero-order valence-corrected chi connectivity index (χ0v) is 17.9. The first-order valence-corrected chi connectivity index (χ1v) is 10.5. The molecule has 0 fully saturated rings. The molecule has 0 radical (unpaired) electrons. The molecule has 5 aromatic rings. The molecule has 0 saturated carbocycles. The SMILES string of the molecule is O=C(O/C(=N/n1nnc(-c2ccccc2)c1-c1ccccc1)c1cccnc1)c1cccnc1. The van der Waals surface area contributed by atoms with E-state index in [-0.39, 0.29) is 5.90 Å². The number of esters is 1. The van der Waals surface area contributed by atoms with Crippen molar-refractivity contribution in [3.63, 3.8) is 0 Å². The lowest BCUT2D eigenvalue weighted by atomic mass is 10.1. The molecule has 0 atom stereocenters. The van der Waals surface area contributed by atoms with Crippen LogP contribution in [0.25, 0.3) is 22.5 Å². The second-order valence-electron chi connectivity index (χ2n) is 7.19. The highest BCUT2D eigenvalue weighted by Gasteiger charge is 2.20. The highest BCUT2D eigenvalue weighted by molar-refractivity contribution is 6.04. The zero-order valence-electron chi connectivity index (χ0n) is 17.9. The molecule has 0 unspecified atom stereocenters. The number of carbonyl (C=O) groups is 1. The summed E-state index contributed by atoms with van der Waals surface area (Å²) in [6.45, 7) is 0. The van der Waals surface area contributed by atoms with Crippen LogP contribution in [0.5, 0.6) is 0 Å². The van der Waals surface area contributed by atoms with Gasteiger partial charge in [-0.05, 0) is 29.5 Å². The van der Waals surface area contributed by atoms with Crippen molar-refractivity contribution in [2.45, 2.75) is 0 Å². The summed E-state index contributed by atoms with van der Waals surface area (Å²) < 4.78 is 5.67. The Balaban J connectivity index is 1.64. The second kappa shape index (κ2) is 9.66. The minimum Gasteiger partial charge on any atom is -0.401 e. The fourth-order valence-electron chi connectivity index (χ4n) is 3.33. The second-order valence-corrected chi connectivity index (χ2v) is 7.19. The van der Waals surface area contributed by atoms with Crippen LogP contribution < -0.4 is 0 Å². The molecule has 3 aromatic heterocycles. The van der Waals surface area contributed by atoms with Crippen LogP contribution in [0.4, 0.5) is 0 Å². The topological polar surface area (TPSA) is 95.2 Å². The van der Waals surface area contributed by atoms with Crippen LogP contribution >= 0.6 is 0 Å². The molecule has 3 heterocycles. The number of rotatable bonds is 5. The van der Waals surface area contributed by atoms with E-state index in [1.54, 1.807) is 42.9 Å². The van der Waals surface area contributed by atoms with E-state index in [4.69, 9.17) is 4.74 Å². The van der Waals surface area contributed by atoms with E-state index in [0.717, 1.165) is 11.1 Å². The van der Waals surface area contributed by atoms with Crippen molar-refractivity contribution >= 4 is 11.9 Å². The fourth-order valence-corrected chi connectivity index (χ4v) is 3.33. The molecule has 0 spiro atoms. The van der Waals surface area contributed by atoms with Crippen LogP contribution in [0.1, 0.15) is 15.9 Å². The molecular weight excluding hydrogens is 428 g/mol. The molecule has 0 bridgehead atoms. The van der Waals surface area contributed by atoms with E-state index in [1.807, 2.05) is 60.7 Å². The average molecular weight is 446 g/mol. The number of hydrogen-bond acceptors (Lipinski definition) is 7. The maximum absolute atomic E-state index is 12.8. The number of ether oxygens (including phenoxy) is 1. The molecule has 0 N–H and O–H groups in total. The van der Waals surface area contributed by atoms with Gasteiger partial charge in [-0.25, -0.2) is 4.79 Å². The van der Waals surface area contributed by atoms with Gasteiger partial charge in [-0.1, -0.05) is 60.7 Å². The van der Waals surface area contributed by atoms with Crippen molar-refractivity contribution in [1.29, 1.82) is 0 Å². The van der Waals surface area contributed by atoms with Gasteiger partial charge in [0.15, 0.2) is 0 Å². The summed E-state index contributed by atoms with van der Waals surface area (Å²) in [4.78, 5) is 22.3. The monoisotopic (exact) mass is 446 g/mol. The average Bonchev–Trinajstić information content (AvgIpc) is 3.34. The number of pyridine rings is 2. The molecule has 5 rings (SSSR count). The number of carbonyl (C=O) groups excluding carboxylic acids is 1. The van der Waals surface area contributed by atoms with Gasteiger partial charge in [0.2, 0.25) is 0 Å². The van der Waals surface area contributed by atoms with Crippen LogP contribution in [0.2, 0.25) is 0 Å². The highest BCUT2D eigenvalue weighted by atomic mass is 16.5. The number of nitrogens with zero attached hydrogens (tertiary/aromatic N) is 6. The van der Waals surface area contributed by atoms with Gasteiger partial charge in [0.05, 0.1) is 11.1 Å². The first kappa shape index (κ1) is 20.9. The van der Waals surface area contributed by atoms with Crippen molar-refractivity contribution in [3.8, 4) is 22.5 Å². The number of aromatic nitrogens is 5. The fraction of sp³-hybridized carbons (Fsp3) is 0. The van der Waals surface area contributed by atoms with Gasteiger partial charge in [-0.15, -0.1) is 15.0 Å². The summed E-state index contributed by atoms with van der Waals surface area (Å²) in [6.07, 6.45) is 6.20. The molecule has 8 heteroatoms. The van der Waals surface area contributed by atoms with Crippen molar-refractivity contribution < 1.29 is 9.53 Å². The van der Waals surface area contributed by atoms with Crippen LogP contribution in [0, 0.1) is 0 Å². The Kier molecular flexibility index (Phi) is 5.94. The summed E-state index contributed by atoms with van der Waals surface area (Å²) in [5, 5.41) is 13.2. The lowest BCUT2D eigenvalue weighted by Crippen LogP contribution is -2.16. The molecule has 8 nitrogen and oxygen atoms in total. The first-order valence-electron chi connectivity index (χ1n) is 10.5. The number of benzene rings is 2. The van der Waals surface area contributed by atoms with E-state index in [9.17, 15) is 4.79 Å². The number of hydrogen-bond donors (Lipinski definition) is 0. The largest absolute Gasteiger partial charge is 0.401 e. The third-order valence-corrected chi connectivity index (χ3v) is 4.93. The van der Waals surface area contributed by atoms with Gasteiger partial charge >= 0.3 is 5.97 Å². The molecule has 0 aliphatic rings. The van der Waals surface area contributed by atoms with Gasteiger partial charge in [0.25, 0.3) is 5.90 Å². The first-order chi connectivity index (χ1) is 16.8. The summed E-state index contributed by atoms with van der Waals surface area (Å²) >= 11 is 0. The molecule has 0 amide bonds. The summed E-state index contributed by atoms with van der Waals surface area (Å²) in [5.74, 6) is -0.566. The van der Waals surface area contributed by atoms with Gasteiger partial charge < -0.3 is 4.74 Å². The quantitative estimate of drug-likeness (QED) is 0.225. The Labute approximate surface area is 195 Å². The molecule has 2 aromatic carbocycles. The minimum absolute atomic E-state index is 0.0312. The van der Waals surface area contributed by atoms with E-state index in [1.165, 1.54) is 11.0 Å². The summed E-state index contributed by atoms with van der Waals surface area (Å²) in [6, 6.07) is 26.2. The van der Waals surface area contributed by atoms with E-state index in [2.05, 4.69) is 25.4 Å². The normalized spacial score (nSPS) is 11.2. The van der Waals surface area contributed by atoms with Gasteiger partial charge in [0.1, 0.15) is 11.4 Å². The molecule has 0 aliphatic carbocycles. The highest BCUT2D eigenvalue weighted by Crippen LogP contribution is 2.30. The third kappa shape index (κ3) is 4.46. The van der Waals surface area contributed by atoms with Crippen LogP contribution in [0.15, 0.2) is 115 Å². The Hall–Kier alpha value is -4.98. The van der Waals surface area contributed by atoms with Gasteiger partial charge in [-0.3, -0.25) is 9.97 Å². The van der Waals surface area contributed by atoms with Crippen molar-refractivity contribution in [2.75, 3.05) is 0 Å². The van der Waals surface area contributed by atoms with E-state index in [0.29, 0.717) is 22.5 Å². The molecular formula is C26H18N6O2. The lowest BCUT2D eigenvalue weighted by molar-refractivity contribution is 0.0716. The van der Waals surface area contributed by atoms with Crippen LogP contribution in [-0.2, 0) is 4.74 Å². The van der Waals surface area contributed by atoms with Crippen LogP contribution in [0.3, 0.4) is 0 Å². The Bertz CT molecular complexity index is 1420. The Morgan fingerprint density at radius 2 is 1.35 bits per heavy atom. The van der Waals surface area contributed by atoms with Gasteiger partial charge in [-0.2, -0.15) is 0 Å². The standard InChI is InChI=1S/C26H18N6O2/c33-26(22-14-8-16-28-18-22)34-25(21-13-7-15-27-17-21)30-32-24(20-11-5-2-6-12-20)23(29-31-32)19-9-3-1-4-10-19/h1-18H/b30-25+. The maximum Gasteiger partial charge on any atom is 0.346 e. The van der Waals surface area contributed by atoms with Gasteiger partial charge in [0, 0.05) is 35.9 Å². The lowest BCUT2D eigenvalue weighted by Gasteiger charge is -2.09. The summed E-state index contributed by atoms with van der Waals surface area (Å²) in [5.41, 5.74) is 3.86. The third-order valence-electron chi connectivity index (χ3n) is 4.93. The maximum atomic E-state index is 12.8. The van der Waals surface area contributed by atoms with Crippen LogP contribution in [-0.4, -0.2) is 36.9 Å². The van der Waals surface area contributed by atoms with E-state index >= 15 is 0 Å². The molecule has 0 aliphatic heterocycles. The predicted octanol–water partition coefficient (Wildman–Crippen LogP) is 4.47. The molecule has 0 saturated heterocycles.